The van der Waals surface area contributed by atoms with Crippen LogP contribution in [0.5, 0.6) is 0 Å². The standard InChI is InChI=1S/C7H15N.C3H6O.2C2H6/c1-2-4-7-5-3-6-8-7;1-3(2)4;2*1-2/h7-8H,2-6H2,1H3;1-2H3;2*1-2H3. The first kappa shape index (κ1) is 21.0. The molecule has 0 aliphatic carbocycles. The van der Waals surface area contributed by atoms with E-state index in [1.165, 1.54) is 46.1 Å². The van der Waals surface area contributed by atoms with Crippen molar-refractivity contribution in [2.45, 2.75) is 80.2 Å². The van der Waals surface area contributed by atoms with E-state index in [-0.39, 0.29) is 5.78 Å². The maximum atomic E-state index is 9.44. The first-order valence-electron chi connectivity index (χ1n) is 6.87. The topological polar surface area (TPSA) is 29.1 Å². The summed E-state index contributed by atoms with van der Waals surface area (Å²) in [5, 5.41) is 3.46. The van der Waals surface area contributed by atoms with Crippen molar-refractivity contribution in [3.63, 3.8) is 0 Å². The third kappa shape index (κ3) is 23.4. The average molecular weight is 231 g/mol. The fourth-order valence-corrected chi connectivity index (χ4v) is 1.35. The van der Waals surface area contributed by atoms with Crippen LogP contribution in [0.25, 0.3) is 0 Å². The van der Waals surface area contributed by atoms with Crippen molar-refractivity contribution in [3.8, 4) is 0 Å². The molecule has 1 fully saturated rings. The molecule has 0 aromatic heterocycles. The van der Waals surface area contributed by atoms with Crippen LogP contribution in [0.1, 0.15) is 74.1 Å². The first-order chi connectivity index (χ1) is 7.66. The third-order valence-corrected chi connectivity index (χ3v) is 1.80. The number of ketones is 1. The van der Waals surface area contributed by atoms with Gasteiger partial charge in [-0.3, -0.25) is 0 Å². The van der Waals surface area contributed by atoms with Gasteiger partial charge in [-0.15, -0.1) is 0 Å². The summed E-state index contributed by atoms with van der Waals surface area (Å²) in [5.74, 6) is 0.167. The molecule has 1 N–H and O–H groups in total. The Morgan fingerprint density at radius 3 is 1.88 bits per heavy atom. The highest BCUT2D eigenvalue weighted by atomic mass is 16.1. The van der Waals surface area contributed by atoms with Gasteiger partial charge in [-0.1, -0.05) is 41.0 Å². The van der Waals surface area contributed by atoms with Gasteiger partial charge in [0, 0.05) is 6.04 Å². The van der Waals surface area contributed by atoms with E-state index in [9.17, 15) is 4.79 Å². The Hall–Kier alpha value is -0.370. The Morgan fingerprint density at radius 1 is 1.19 bits per heavy atom. The number of carbonyl (C=O) groups excluding carboxylic acids is 1. The molecule has 0 aromatic carbocycles. The van der Waals surface area contributed by atoms with Crippen LogP contribution in [-0.4, -0.2) is 18.4 Å². The maximum Gasteiger partial charge on any atom is 0.126 e. The van der Waals surface area contributed by atoms with E-state index in [0.717, 1.165) is 6.04 Å². The molecule has 16 heavy (non-hydrogen) atoms. The zero-order chi connectivity index (χ0) is 13.4. The van der Waals surface area contributed by atoms with Crippen molar-refractivity contribution < 1.29 is 4.79 Å². The van der Waals surface area contributed by atoms with Crippen molar-refractivity contribution >= 4 is 5.78 Å². The van der Waals surface area contributed by atoms with Gasteiger partial charge >= 0.3 is 0 Å². The second-order valence-electron chi connectivity index (χ2n) is 3.49. The van der Waals surface area contributed by atoms with Crippen LogP contribution in [-0.2, 0) is 4.79 Å². The van der Waals surface area contributed by atoms with Crippen LogP contribution in [0, 0.1) is 0 Å². The Kier molecular flexibility index (Phi) is 26.3. The molecule has 0 saturated carbocycles. The molecular formula is C14H33NO. The molecule has 100 valence electrons. The number of rotatable bonds is 2. The average Bonchev–Trinajstić information content (AvgIpc) is 2.76. The molecule has 1 atom stereocenters. The number of carbonyl (C=O) groups is 1. The fourth-order valence-electron chi connectivity index (χ4n) is 1.35. The molecular weight excluding hydrogens is 198 g/mol. The largest absolute Gasteiger partial charge is 0.314 e. The predicted molar refractivity (Wildman–Crippen MR) is 75.0 cm³/mol. The lowest BCUT2D eigenvalue weighted by Gasteiger charge is -2.05. The van der Waals surface area contributed by atoms with E-state index in [2.05, 4.69) is 12.2 Å². The molecule has 1 heterocycles. The highest BCUT2D eigenvalue weighted by molar-refractivity contribution is 5.72. The van der Waals surface area contributed by atoms with Crippen LogP contribution in [0.15, 0.2) is 0 Å². The van der Waals surface area contributed by atoms with Gasteiger partial charge in [0.25, 0.3) is 0 Å². The zero-order valence-corrected chi connectivity index (χ0v) is 12.5. The predicted octanol–water partition coefficient (Wildman–Crippen LogP) is 4.19. The summed E-state index contributed by atoms with van der Waals surface area (Å²) < 4.78 is 0. The lowest BCUT2D eigenvalue weighted by molar-refractivity contribution is -0.114. The summed E-state index contributed by atoms with van der Waals surface area (Å²) in [6, 6.07) is 0.861. The molecule has 2 nitrogen and oxygen atoms in total. The van der Waals surface area contributed by atoms with Gasteiger partial charge in [-0.05, 0) is 39.7 Å². The number of hydrogen-bond donors (Lipinski definition) is 1. The van der Waals surface area contributed by atoms with E-state index in [1.807, 2.05) is 27.7 Å². The van der Waals surface area contributed by atoms with Crippen LogP contribution in [0.3, 0.4) is 0 Å². The minimum absolute atomic E-state index is 0.167. The molecule has 0 bridgehead atoms. The smallest absolute Gasteiger partial charge is 0.126 e. The lowest BCUT2D eigenvalue weighted by atomic mass is 10.1. The highest BCUT2D eigenvalue weighted by Gasteiger charge is 2.11. The van der Waals surface area contributed by atoms with Crippen molar-refractivity contribution in [1.29, 1.82) is 0 Å². The SMILES string of the molecule is CC.CC.CC(C)=O.CCCC1CCCN1. The van der Waals surface area contributed by atoms with Gasteiger partial charge in [-0.25, -0.2) is 0 Å². The first-order valence-corrected chi connectivity index (χ1v) is 6.87. The zero-order valence-electron chi connectivity index (χ0n) is 12.5. The van der Waals surface area contributed by atoms with Gasteiger partial charge in [0.1, 0.15) is 5.78 Å². The van der Waals surface area contributed by atoms with E-state index in [4.69, 9.17) is 0 Å². The quantitative estimate of drug-likeness (QED) is 0.772. The molecule has 0 amide bonds. The molecule has 1 aliphatic heterocycles. The van der Waals surface area contributed by atoms with Gasteiger partial charge < -0.3 is 10.1 Å². The molecule has 1 aliphatic rings. The number of Topliss-reactive ketones (excluding diaryl/α,β-unsaturated/α-hetero) is 1. The Balaban J connectivity index is -0.000000181. The van der Waals surface area contributed by atoms with Crippen molar-refractivity contribution in [2.24, 2.45) is 0 Å². The summed E-state index contributed by atoms with van der Waals surface area (Å²) in [5.41, 5.74) is 0. The van der Waals surface area contributed by atoms with Crippen LogP contribution in [0.2, 0.25) is 0 Å². The monoisotopic (exact) mass is 231 g/mol. The summed E-state index contributed by atoms with van der Waals surface area (Å²) >= 11 is 0. The molecule has 1 rings (SSSR count). The maximum absolute atomic E-state index is 9.44. The minimum atomic E-state index is 0.167. The van der Waals surface area contributed by atoms with Crippen LogP contribution < -0.4 is 5.32 Å². The van der Waals surface area contributed by atoms with Crippen molar-refractivity contribution in [2.75, 3.05) is 6.54 Å². The molecule has 0 radical (unpaired) electrons. The molecule has 0 aromatic rings. The summed E-state index contributed by atoms with van der Waals surface area (Å²) in [7, 11) is 0. The van der Waals surface area contributed by atoms with E-state index in [0.29, 0.717) is 0 Å². The van der Waals surface area contributed by atoms with Crippen LogP contribution in [0.4, 0.5) is 0 Å². The minimum Gasteiger partial charge on any atom is -0.314 e. The molecule has 0 spiro atoms. The molecule has 2 heteroatoms. The Morgan fingerprint density at radius 2 is 1.62 bits per heavy atom. The van der Waals surface area contributed by atoms with Crippen molar-refractivity contribution in [1.82, 2.24) is 5.32 Å². The van der Waals surface area contributed by atoms with E-state index >= 15 is 0 Å². The normalized spacial score (nSPS) is 16.8. The van der Waals surface area contributed by atoms with E-state index < -0.39 is 0 Å². The highest BCUT2D eigenvalue weighted by Crippen LogP contribution is 2.09. The number of nitrogens with one attached hydrogen (secondary N) is 1. The fraction of sp³-hybridized carbons (Fsp3) is 0.929. The summed E-state index contributed by atoms with van der Waals surface area (Å²) in [4.78, 5) is 9.44. The van der Waals surface area contributed by atoms with Gasteiger partial charge in [0.05, 0.1) is 0 Å². The molecule has 1 unspecified atom stereocenters. The second kappa shape index (κ2) is 20.1. The summed E-state index contributed by atoms with van der Waals surface area (Å²) in [6.07, 6.45) is 5.51. The van der Waals surface area contributed by atoms with Crippen molar-refractivity contribution in [3.05, 3.63) is 0 Å². The van der Waals surface area contributed by atoms with Crippen LogP contribution >= 0.6 is 0 Å². The van der Waals surface area contributed by atoms with E-state index in [1.54, 1.807) is 0 Å². The second-order valence-corrected chi connectivity index (χ2v) is 3.49. The van der Waals surface area contributed by atoms with Gasteiger partial charge in [-0.2, -0.15) is 0 Å². The Bertz CT molecular complexity index is 114. The summed E-state index contributed by atoms with van der Waals surface area (Å²) in [6.45, 7) is 14.6. The Labute approximate surface area is 103 Å². The lowest BCUT2D eigenvalue weighted by Crippen LogP contribution is -2.20. The third-order valence-electron chi connectivity index (χ3n) is 1.80. The molecule has 1 saturated heterocycles. The van der Waals surface area contributed by atoms with Gasteiger partial charge in [0.2, 0.25) is 0 Å². The van der Waals surface area contributed by atoms with Gasteiger partial charge in [0.15, 0.2) is 0 Å². The number of hydrogen-bond acceptors (Lipinski definition) is 2.